The number of fused-ring (bicyclic) bond motifs is 1. The molecule has 0 spiro atoms. The van der Waals surface area contributed by atoms with Gasteiger partial charge in [-0.1, -0.05) is 11.6 Å². The molecule has 4 heterocycles. The smallest absolute Gasteiger partial charge is 0.348 e. The molecule has 0 aromatic carbocycles. The number of carbonyl (C=O) groups excluding carboxylic acids is 1. The van der Waals surface area contributed by atoms with E-state index in [1.54, 1.807) is 24.3 Å². The average Bonchev–Trinajstić information content (AvgIpc) is 3.48. The first-order chi connectivity index (χ1) is 15.0. The van der Waals surface area contributed by atoms with Gasteiger partial charge < -0.3 is 14.5 Å². The lowest BCUT2D eigenvalue weighted by atomic mass is 10.2. The molecule has 4 aromatic rings. The Kier molecular flexibility index (Phi) is 6.63. The highest BCUT2D eigenvalue weighted by atomic mass is 35.5. The maximum Gasteiger partial charge on any atom is 0.348 e. The van der Waals surface area contributed by atoms with E-state index in [-0.39, 0.29) is 23.0 Å². The summed E-state index contributed by atoms with van der Waals surface area (Å²) in [4.78, 5) is 37.5. The fraction of sp³-hybridized carbons (Fsp3) is 0.200. The minimum Gasteiger partial charge on any atom is -0.459 e. The molecule has 0 radical (unpaired) electrons. The Morgan fingerprint density at radius 2 is 2.13 bits per heavy atom. The summed E-state index contributed by atoms with van der Waals surface area (Å²) in [6.45, 7) is 2.12. The summed E-state index contributed by atoms with van der Waals surface area (Å²) in [6.07, 6.45) is 1.65. The van der Waals surface area contributed by atoms with Gasteiger partial charge in [0.05, 0.1) is 22.7 Å². The summed E-state index contributed by atoms with van der Waals surface area (Å²) >= 11 is 10.6. The van der Waals surface area contributed by atoms with E-state index in [0.717, 1.165) is 21.9 Å². The zero-order chi connectivity index (χ0) is 22.0. The molecule has 4 rings (SSSR count). The Labute approximate surface area is 194 Å². The number of hydrogen-bond acceptors (Lipinski definition) is 9. The van der Waals surface area contributed by atoms with Crippen LogP contribution in [0.4, 0.5) is 0 Å². The second kappa shape index (κ2) is 9.41. The predicted molar refractivity (Wildman–Crippen MR) is 126 cm³/mol. The van der Waals surface area contributed by atoms with Crippen LogP contribution in [-0.4, -0.2) is 41.2 Å². The molecular weight excluding hydrogens is 478 g/mol. The lowest BCUT2D eigenvalue weighted by Gasteiger charge is -2.02. The third kappa shape index (κ3) is 4.63. The summed E-state index contributed by atoms with van der Waals surface area (Å²) in [6, 6.07) is 2.00. The molecule has 0 saturated heterocycles. The van der Waals surface area contributed by atoms with Crippen LogP contribution in [0.2, 0.25) is 0 Å². The van der Waals surface area contributed by atoms with E-state index in [9.17, 15) is 9.59 Å². The molecule has 0 fully saturated rings. The molecule has 7 nitrogen and oxygen atoms in total. The molecule has 0 saturated carbocycles. The molecule has 0 aliphatic carbocycles. The molecule has 0 aliphatic heterocycles. The van der Waals surface area contributed by atoms with Crippen molar-refractivity contribution in [2.24, 2.45) is 0 Å². The molecule has 4 aromatic heterocycles. The lowest BCUT2D eigenvalue weighted by Crippen LogP contribution is -2.11. The van der Waals surface area contributed by atoms with E-state index >= 15 is 0 Å². The minimum absolute atomic E-state index is 0.133. The number of aromatic nitrogens is 3. The van der Waals surface area contributed by atoms with Crippen molar-refractivity contribution in [3.63, 3.8) is 0 Å². The highest BCUT2D eigenvalue weighted by molar-refractivity contribution is 7.20. The number of thiazole rings is 1. The van der Waals surface area contributed by atoms with Crippen LogP contribution in [0.15, 0.2) is 27.0 Å². The van der Waals surface area contributed by atoms with Gasteiger partial charge in [0.15, 0.2) is 5.82 Å². The lowest BCUT2D eigenvalue weighted by molar-refractivity contribution is 0.0393. The number of H-pyrrole nitrogens is 1. The Hall–Kier alpha value is -2.37. The van der Waals surface area contributed by atoms with Crippen LogP contribution in [0.5, 0.6) is 0 Å². The van der Waals surface area contributed by atoms with Gasteiger partial charge >= 0.3 is 5.97 Å². The quantitative estimate of drug-likeness (QED) is 0.287. The second-order valence-electron chi connectivity index (χ2n) is 6.36. The first-order valence-electron chi connectivity index (χ1n) is 9.03. The molecular formula is C20H16ClN3O4S3. The number of thiophene rings is 2. The van der Waals surface area contributed by atoms with Crippen molar-refractivity contribution >= 4 is 72.9 Å². The number of halogens is 1. The topological polar surface area (TPSA) is 94.2 Å². The monoisotopic (exact) mass is 493 g/mol. The molecule has 0 bridgehead atoms. The predicted octanol–water partition coefficient (Wildman–Crippen LogP) is 5.02. The van der Waals surface area contributed by atoms with Gasteiger partial charge in [-0.3, -0.25) is 4.79 Å². The fourth-order valence-corrected chi connectivity index (χ4v) is 5.57. The van der Waals surface area contributed by atoms with Crippen LogP contribution in [0.25, 0.3) is 31.9 Å². The maximum absolute atomic E-state index is 12.7. The van der Waals surface area contributed by atoms with Crippen molar-refractivity contribution in [2.75, 3.05) is 20.3 Å². The number of ether oxygens (including phenoxy) is 2. The Bertz CT molecular complexity index is 1320. The van der Waals surface area contributed by atoms with E-state index < -0.39 is 5.97 Å². The maximum atomic E-state index is 12.7. The van der Waals surface area contributed by atoms with Crippen LogP contribution >= 0.6 is 45.6 Å². The average molecular weight is 494 g/mol. The van der Waals surface area contributed by atoms with E-state index in [2.05, 4.69) is 15.0 Å². The SMILES string of the molecule is COCCOC(=O)c1sc2nc(/C(Cl)=C/c3csc(-c4ccsc4)n3)[nH]c(=O)c2c1C. The number of hydrogen-bond donors (Lipinski definition) is 1. The standard InChI is InChI=1S/C20H16ClN3O4S3/c1-10-14-17(25)23-16(24-19(14)31-15(10)20(26)28-5-4-27-2)13(21)7-12-9-30-18(22-12)11-3-6-29-8-11/h3,6-9H,4-5H2,1-2H3,(H,23,24,25)/b13-7-. The van der Waals surface area contributed by atoms with Crippen molar-refractivity contribution in [3.05, 3.63) is 54.5 Å². The number of nitrogens with zero attached hydrogens (tertiary/aromatic N) is 2. The Morgan fingerprint density at radius 1 is 1.29 bits per heavy atom. The van der Waals surface area contributed by atoms with E-state index in [1.165, 1.54) is 18.4 Å². The molecule has 11 heteroatoms. The van der Waals surface area contributed by atoms with Crippen LogP contribution in [-0.2, 0) is 9.47 Å². The van der Waals surface area contributed by atoms with Crippen molar-refractivity contribution in [1.82, 2.24) is 15.0 Å². The molecule has 160 valence electrons. The first-order valence-corrected chi connectivity index (χ1v) is 12.0. The number of esters is 1. The number of methoxy groups -OCH3 is 1. The number of aryl methyl sites for hydroxylation is 1. The van der Waals surface area contributed by atoms with Crippen LogP contribution in [0.1, 0.15) is 26.8 Å². The van der Waals surface area contributed by atoms with E-state index in [4.69, 9.17) is 21.1 Å². The second-order valence-corrected chi connectivity index (χ2v) is 9.41. The summed E-state index contributed by atoms with van der Waals surface area (Å²) < 4.78 is 10.1. The van der Waals surface area contributed by atoms with Crippen molar-refractivity contribution in [2.45, 2.75) is 6.92 Å². The number of nitrogens with one attached hydrogen (secondary N) is 1. The summed E-state index contributed by atoms with van der Waals surface area (Å²) in [7, 11) is 1.52. The third-order valence-corrected chi connectivity index (χ3v) is 7.34. The highest BCUT2D eigenvalue weighted by Gasteiger charge is 2.21. The van der Waals surface area contributed by atoms with E-state index in [0.29, 0.717) is 33.0 Å². The van der Waals surface area contributed by atoms with Gasteiger partial charge in [-0.15, -0.1) is 22.7 Å². The van der Waals surface area contributed by atoms with Gasteiger partial charge in [0.25, 0.3) is 5.56 Å². The first kappa shape index (κ1) is 21.8. The number of carbonyl (C=O) groups is 1. The summed E-state index contributed by atoms with van der Waals surface area (Å²) in [5.41, 5.74) is 1.89. The van der Waals surface area contributed by atoms with Gasteiger partial charge in [0.1, 0.15) is 21.3 Å². The van der Waals surface area contributed by atoms with Gasteiger partial charge in [-0.05, 0) is 30.0 Å². The Morgan fingerprint density at radius 3 is 2.87 bits per heavy atom. The van der Waals surface area contributed by atoms with Crippen LogP contribution < -0.4 is 5.56 Å². The molecule has 1 N–H and O–H groups in total. The van der Waals surface area contributed by atoms with Gasteiger partial charge in [0, 0.05) is 23.4 Å². The molecule has 0 atom stereocenters. The van der Waals surface area contributed by atoms with Gasteiger partial charge in [0.2, 0.25) is 0 Å². The highest BCUT2D eigenvalue weighted by Crippen LogP contribution is 2.30. The van der Waals surface area contributed by atoms with Gasteiger partial charge in [-0.2, -0.15) is 11.3 Å². The van der Waals surface area contributed by atoms with Crippen molar-refractivity contribution < 1.29 is 14.3 Å². The Balaban J connectivity index is 1.64. The van der Waals surface area contributed by atoms with Crippen LogP contribution in [0, 0.1) is 6.92 Å². The zero-order valence-electron chi connectivity index (χ0n) is 16.4. The third-order valence-electron chi connectivity index (χ3n) is 4.30. The minimum atomic E-state index is -0.511. The number of rotatable bonds is 7. The molecule has 31 heavy (non-hydrogen) atoms. The largest absolute Gasteiger partial charge is 0.459 e. The molecule has 0 aliphatic rings. The zero-order valence-corrected chi connectivity index (χ0v) is 19.6. The molecule has 0 amide bonds. The summed E-state index contributed by atoms with van der Waals surface area (Å²) in [5, 5.41) is 7.39. The van der Waals surface area contributed by atoms with Gasteiger partial charge in [-0.25, -0.2) is 14.8 Å². The normalized spacial score (nSPS) is 11.9. The van der Waals surface area contributed by atoms with Crippen molar-refractivity contribution in [3.8, 4) is 10.6 Å². The summed E-state index contributed by atoms with van der Waals surface area (Å²) in [5.74, 6) is -0.298. The fourth-order valence-electron chi connectivity index (χ4n) is 2.80. The van der Waals surface area contributed by atoms with E-state index in [1.807, 2.05) is 22.2 Å². The molecule has 0 unspecified atom stereocenters. The number of aromatic amines is 1. The van der Waals surface area contributed by atoms with Crippen molar-refractivity contribution in [1.29, 1.82) is 0 Å². The van der Waals surface area contributed by atoms with Crippen LogP contribution in [0.3, 0.4) is 0 Å².